The molecule has 6 nitrogen and oxygen atoms in total. The van der Waals surface area contributed by atoms with Gasteiger partial charge in [0.2, 0.25) is 5.91 Å². The summed E-state index contributed by atoms with van der Waals surface area (Å²) in [7, 11) is 1.99. The maximum atomic E-state index is 14.6. The van der Waals surface area contributed by atoms with Gasteiger partial charge in [-0.05, 0) is 44.1 Å². The van der Waals surface area contributed by atoms with Crippen LogP contribution in [0.3, 0.4) is 0 Å². The van der Waals surface area contributed by atoms with E-state index in [2.05, 4.69) is 21.3 Å². The molecular weight excluding hydrogens is 323 g/mol. The molecule has 2 N–H and O–H groups in total. The average molecular weight is 344 g/mol. The summed E-state index contributed by atoms with van der Waals surface area (Å²) in [5.74, 6) is -0.310. The Balaban J connectivity index is 1.74. The van der Waals surface area contributed by atoms with Gasteiger partial charge < -0.3 is 9.88 Å². The molecule has 4 rings (SSSR count). The lowest BCUT2D eigenvalue weighted by Gasteiger charge is -2.27. The highest BCUT2D eigenvalue weighted by atomic mass is 19.1. The molecule has 0 saturated carbocycles. The number of benzene rings is 1. The van der Waals surface area contributed by atoms with Gasteiger partial charge in [0.25, 0.3) is 0 Å². The Hall–Kier alpha value is -2.41. The van der Waals surface area contributed by atoms with Crippen LogP contribution in [-0.2, 0) is 11.8 Å². The SMILES string of the molecule is Cn1c(C2CCNCC2)cc2cc(F)c(N3CCC(=O)NC3=O)cc21. The third-order valence-electron chi connectivity index (χ3n) is 5.25. The molecule has 0 unspecified atom stereocenters. The van der Waals surface area contributed by atoms with Crippen LogP contribution < -0.4 is 15.5 Å². The Morgan fingerprint density at radius 1 is 1.16 bits per heavy atom. The summed E-state index contributed by atoms with van der Waals surface area (Å²) in [6, 6.07) is 4.68. The van der Waals surface area contributed by atoms with Gasteiger partial charge in [0.1, 0.15) is 5.82 Å². The number of nitrogens with zero attached hydrogens (tertiary/aromatic N) is 2. The van der Waals surface area contributed by atoms with Crippen molar-refractivity contribution < 1.29 is 14.0 Å². The van der Waals surface area contributed by atoms with Crippen LogP contribution in [0.1, 0.15) is 30.9 Å². The zero-order valence-corrected chi connectivity index (χ0v) is 14.1. The van der Waals surface area contributed by atoms with Crippen LogP contribution in [0, 0.1) is 5.82 Å². The molecule has 0 atom stereocenters. The summed E-state index contributed by atoms with van der Waals surface area (Å²) in [4.78, 5) is 24.7. The van der Waals surface area contributed by atoms with Crippen molar-refractivity contribution in [1.82, 2.24) is 15.2 Å². The first-order valence-corrected chi connectivity index (χ1v) is 8.65. The average Bonchev–Trinajstić information content (AvgIpc) is 2.91. The first-order chi connectivity index (χ1) is 12.0. The number of amides is 3. The standard InChI is InChI=1S/C18H21FN4O2/c1-22-14(11-2-5-20-6-3-11)9-12-8-13(19)16(10-15(12)22)23-7-4-17(24)21-18(23)25/h8-11,20H,2-7H2,1H3,(H,21,24,25). The van der Waals surface area contributed by atoms with Crippen molar-refractivity contribution in [2.45, 2.75) is 25.2 Å². The Morgan fingerprint density at radius 2 is 1.92 bits per heavy atom. The fourth-order valence-electron chi connectivity index (χ4n) is 3.88. The number of nitrogens with one attached hydrogen (secondary N) is 2. The number of hydrogen-bond donors (Lipinski definition) is 2. The number of rotatable bonds is 2. The van der Waals surface area contributed by atoms with Gasteiger partial charge in [0.05, 0.1) is 11.2 Å². The molecule has 3 heterocycles. The maximum absolute atomic E-state index is 14.6. The van der Waals surface area contributed by atoms with E-state index in [1.165, 1.54) is 16.7 Å². The number of carbonyl (C=O) groups is 2. The van der Waals surface area contributed by atoms with Crippen LogP contribution >= 0.6 is 0 Å². The van der Waals surface area contributed by atoms with Gasteiger partial charge in [-0.1, -0.05) is 0 Å². The third-order valence-corrected chi connectivity index (χ3v) is 5.25. The first-order valence-electron chi connectivity index (χ1n) is 8.65. The van der Waals surface area contributed by atoms with E-state index < -0.39 is 11.8 Å². The van der Waals surface area contributed by atoms with E-state index in [-0.39, 0.29) is 24.6 Å². The van der Waals surface area contributed by atoms with E-state index in [9.17, 15) is 14.0 Å². The molecule has 0 aliphatic carbocycles. The van der Waals surface area contributed by atoms with Crippen molar-refractivity contribution >= 4 is 28.5 Å². The van der Waals surface area contributed by atoms with Crippen LogP contribution in [-0.4, -0.2) is 36.1 Å². The fraction of sp³-hybridized carbons (Fsp3) is 0.444. The number of aryl methyl sites for hydroxylation is 1. The lowest BCUT2D eigenvalue weighted by atomic mass is 9.94. The Kier molecular flexibility index (Phi) is 3.95. The minimum absolute atomic E-state index is 0.177. The summed E-state index contributed by atoms with van der Waals surface area (Å²) >= 11 is 0. The molecule has 1 aromatic heterocycles. The molecule has 2 aliphatic rings. The number of hydrogen-bond acceptors (Lipinski definition) is 3. The Morgan fingerprint density at radius 3 is 2.64 bits per heavy atom. The van der Waals surface area contributed by atoms with E-state index in [4.69, 9.17) is 0 Å². The minimum Gasteiger partial charge on any atom is -0.347 e. The highest BCUT2D eigenvalue weighted by molar-refractivity contribution is 6.06. The zero-order chi connectivity index (χ0) is 17.6. The van der Waals surface area contributed by atoms with Crippen LogP contribution in [0.5, 0.6) is 0 Å². The van der Waals surface area contributed by atoms with E-state index in [0.29, 0.717) is 5.92 Å². The van der Waals surface area contributed by atoms with E-state index in [1.807, 2.05) is 7.05 Å². The second kappa shape index (κ2) is 6.15. The molecule has 0 bridgehead atoms. The monoisotopic (exact) mass is 344 g/mol. The Bertz CT molecular complexity index is 854. The van der Waals surface area contributed by atoms with Crippen LogP contribution in [0.15, 0.2) is 18.2 Å². The smallest absolute Gasteiger partial charge is 0.328 e. The van der Waals surface area contributed by atoms with Crippen molar-refractivity contribution in [2.75, 3.05) is 24.5 Å². The molecule has 25 heavy (non-hydrogen) atoms. The molecule has 2 fully saturated rings. The molecule has 0 spiro atoms. The van der Waals surface area contributed by atoms with Crippen molar-refractivity contribution in [1.29, 1.82) is 0 Å². The summed E-state index contributed by atoms with van der Waals surface area (Å²) in [6.45, 7) is 2.18. The summed E-state index contributed by atoms with van der Waals surface area (Å²) < 4.78 is 16.7. The van der Waals surface area contributed by atoms with E-state index in [0.717, 1.165) is 36.8 Å². The minimum atomic E-state index is -0.567. The van der Waals surface area contributed by atoms with Gasteiger partial charge in [-0.3, -0.25) is 15.0 Å². The molecule has 7 heteroatoms. The van der Waals surface area contributed by atoms with Crippen molar-refractivity contribution in [3.63, 3.8) is 0 Å². The van der Waals surface area contributed by atoms with Gasteiger partial charge >= 0.3 is 6.03 Å². The zero-order valence-electron chi connectivity index (χ0n) is 14.1. The topological polar surface area (TPSA) is 66.4 Å². The number of piperidine rings is 1. The number of carbonyl (C=O) groups excluding carboxylic acids is 2. The molecule has 2 saturated heterocycles. The van der Waals surface area contributed by atoms with Crippen molar-refractivity contribution in [2.24, 2.45) is 7.05 Å². The number of anilines is 1. The molecular formula is C18H21FN4O2. The van der Waals surface area contributed by atoms with Gasteiger partial charge in [0.15, 0.2) is 0 Å². The number of halogens is 1. The predicted molar refractivity (Wildman–Crippen MR) is 93.2 cm³/mol. The fourth-order valence-corrected chi connectivity index (χ4v) is 3.88. The molecule has 3 amide bonds. The quantitative estimate of drug-likeness (QED) is 0.878. The largest absolute Gasteiger partial charge is 0.347 e. The van der Waals surface area contributed by atoms with Gasteiger partial charge in [-0.2, -0.15) is 0 Å². The number of urea groups is 1. The van der Waals surface area contributed by atoms with Crippen LogP contribution in [0.2, 0.25) is 0 Å². The number of fused-ring (bicyclic) bond motifs is 1. The summed E-state index contributed by atoms with van der Waals surface area (Å²) in [6.07, 6.45) is 2.31. The molecule has 2 aliphatic heterocycles. The lowest BCUT2D eigenvalue weighted by molar-refractivity contribution is -0.120. The second-order valence-corrected chi connectivity index (χ2v) is 6.77. The highest BCUT2D eigenvalue weighted by Crippen LogP contribution is 2.33. The third kappa shape index (κ3) is 2.78. The highest BCUT2D eigenvalue weighted by Gasteiger charge is 2.27. The first kappa shape index (κ1) is 16.1. The normalized spacial score (nSPS) is 19.5. The van der Waals surface area contributed by atoms with Crippen molar-refractivity contribution in [3.05, 3.63) is 29.7 Å². The molecule has 2 aromatic rings. The van der Waals surface area contributed by atoms with Crippen LogP contribution in [0.4, 0.5) is 14.9 Å². The van der Waals surface area contributed by atoms with Gasteiger partial charge in [-0.15, -0.1) is 0 Å². The van der Waals surface area contributed by atoms with Gasteiger partial charge in [-0.25, -0.2) is 9.18 Å². The Labute approximate surface area is 145 Å². The lowest BCUT2D eigenvalue weighted by Crippen LogP contribution is -2.49. The van der Waals surface area contributed by atoms with E-state index >= 15 is 0 Å². The van der Waals surface area contributed by atoms with E-state index in [1.54, 1.807) is 6.07 Å². The second-order valence-electron chi connectivity index (χ2n) is 6.77. The number of imide groups is 1. The molecule has 0 radical (unpaired) electrons. The molecule has 132 valence electrons. The van der Waals surface area contributed by atoms with Crippen LogP contribution in [0.25, 0.3) is 10.9 Å². The molecule has 1 aromatic carbocycles. The van der Waals surface area contributed by atoms with Gasteiger partial charge in [0, 0.05) is 37.0 Å². The summed E-state index contributed by atoms with van der Waals surface area (Å²) in [5, 5.41) is 6.44. The van der Waals surface area contributed by atoms with Crippen molar-refractivity contribution in [3.8, 4) is 0 Å². The summed E-state index contributed by atoms with van der Waals surface area (Å²) in [5.41, 5.74) is 2.32. The number of aromatic nitrogens is 1. The maximum Gasteiger partial charge on any atom is 0.328 e. The predicted octanol–water partition coefficient (Wildman–Crippen LogP) is 2.23.